The van der Waals surface area contributed by atoms with Crippen LogP contribution in [0.1, 0.15) is 30.9 Å². The first kappa shape index (κ1) is 12.4. The third-order valence-electron chi connectivity index (χ3n) is 3.92. The molecule has 18 heavy (non-hydrogen) atoms. The fourth-order valence-electron chi connectivity index (χ4n) is 3.39. The number of benzene rings is 1. The maximum absolute atomic E-state index is 6.57. The summed E-state index contributed by atoms with van der Waals surface area (Å²) in [5, 5.41) is 0. The third-order valence-corrected chi connectivity index (χ3v) is 4.91. The van der Waals surface area contributed by atoms with Crippen LogP contribution >= 0.6 is 0 Å². The van der Waals surface area contributed by atoms with Crippen molar-refractivity contribution < 1.29 is 9.16 Å². The Morgan fingerprint density at radius 3 is 2.56 bits per heavy atom. The van der Waals surface area contributed by atoms with E-state index in [1.165, 1.54) is 12.0 Å². The molecular formula is C15H22O2Si. The van der Waals surface area contributed by atoms with Gasteiger partial charge in [-0.1, -0.05) is 30.3 Å². The number of hydrogen-bond acceptors (Lipinski definition) is 2. The molecule has 0 radical (unpaired) electrons. The Morgan fingerprint density at radius 2 is 1.94 bits per heavy atom. The summed E-state index contributed by atoms with van der Waals surface area (Å²) in [6.45, 7) is 6.83. The van der Waals surface area contributed by atoms with Gasteiger partial charge in [0.1, 0.15) is 11.7 Å². The van der Waals surface area contributed by atoms with E-state index in [0.29, 0.717) is 6.10 Å². The first-order valence-corrected chi connectivity index (χ1v) is 10.3. The van der Waals surface area contributed by atoms with Crippen LogP contribution in [0.25, 0.3) is 0 Å². The van der Waals surface area contributed by atoms with Crippen molar-refractivity contribution in [1.29, 1.82) is 0 Å². The van der Waals surface area contributed by atoms with Crippen molar-refractivity contribution in [3.05, 3.63) is 35.9 Å². The van der Waals surface area contributed by atoms with E-state index in [4.69, 9.17) is 9.16 Å². The van der Waals surface area contributed by atoms with E-state index in [2.05, 4.69) is 50.0 Å². The molecule has 1 saturated heterocycles. The average Bonchev–Trinajstić information content (AvgIpc) is 2.58. The van der Waals surface area contributed by atoms with Crippen LogP contribution in [0.15, 0.2) is 30.3 Å². The lowest BCUT2D eigenvalue weighted by Crippen LogP contribution is -2.61. The number of hydrogen-bond donors (Lipinski definition) is 0. The highest BCUT2D eigenvalue weighted by Gasteiger charge is 2.61. The van der Waals surface area contributed by atoms with Crippen molar-refractivity contribution in [3.8, 4) is 0 Å². The zero-order valence-corrected chi connectivity index (χ0v) is 12.5. The van der Waals surface area contributed by atoms with Gasteiger partial charge >= 0.3 is 0 Å². The summed E-state index contributed by atoms with van der Waals surface area (Å²) < 4.78 is 12.7. The summed E-state index contributed by atoms with van der Waals surface area (Å²) in [5.41, 5.74) is 1.25. The van der Waals surface area contributed by atoms with E-state index in [0.717, 1.165) is 12.8 Å². The van der Waals surface area contributed by atoms with Crippen molar-refractivity contribution in [2.24, 2.45) is 0 Å². The molecule has 0 bridgehead atoms. The minimum Gasteiger partial charge on any atom is -0.406 e. The molecule has 98 valence electrons. The summed E-state index contributed by atoms with van der Waals surface area (Å²) in [4.78, 5) is 0. The van der Waals surface area contributed by atoms with Crippen LogP contribution in [-0.4, -0.2) is 20.0 Å². The van der Waals surface area contributed by atoms with Gasteiger partial charge in [-0.3, -0.25) is 0 Å². The molecule has 1 saturated carbocycles. The van der Waals surface area contributed by atoms with Crippen LogP contribution < -0.4 is 0 Å². The van der Waals surface area contributed by atoms with Crippen LogP contribution in [0.5, 0.6) is 0 Å². The molecule has 0 N–H and O–H groups in total. The highest BCUT2D eigenvalue weighted by atomic mass is 28.4. The minimum absolute atomic E-state index is 0.0220. The monoisotopic (exact) mass is 262 g/mol. The molecule has 1 aromatic carbocycles. The predicted molar refractivity (Wildman–Crippen MR) is 75.1 cm³/mol. The van der Waals surface area contributed by atoms with Gasteiger partial charge in [0.15, 0.2) is 8.32 Å². The summed E-state index contributed by atoms with van der Waals surface area (Å²) in [7, 11) is -1.54. The largest absolute Gasteiger partial charge is 0.406 e. The standard InChI is InChI=1S/C15H22O2Si/c1-18(2,3)17-15-11-7-10-13(15)16-14(15)12-8-5-4-6-9-12/h4-6,8-9,13-14H,7,10-11H2,1-3H3/t13-,14-,15-/m1/s1. The lowest BCUT2D eigenvalue weighted by Gasteiger charge is -2.54. The molecule has 1 aliphatic carbocycles. The van der Waals surface area contributed by atoms with Gasteiger partial charge in [-0.2, -0.15) is 0 Å². The SMILES string of the molecule is C[Si](C)(C)O[C@]12CCC[C@H]1O[C@@H]2c1ccccc1. The fourth-order valence-corrected chi connectivity index (χ4v) is 4.87. The zero-order valence-electron chi connectivity index (χ0n) is 11.5. The lowest BCUT2D eigenvalue weighted by molar-refractivity contribution is -0.270. The van der Waals surface area contributed by atoms with Crippen molar-refractivity contribution in [2.75, 3.05) is 0 Å². The summed E-state index contributed by atoms with van der Waals surface area (Å²) in [5.74, 6) is 0. The van der Waals surface area contributed by atoms with E-state index >= 15 is 0 Å². The van der Waals surface area contributed by atoms with E-state index < -0.39 is 8.32 Å². The Labute approximate surface area is 110 Å². The molecule has 3 rings (SSSR count). The first-order valence-electron chi connectivity index (χ1n) is 6.92. The molecule has 0 unspecified atom stereocenters. The molecule has 3 atom stereocenters. The molecular weight excluding hydrogens is 240 g/mol. The molecule has 0 aromatic heterocycles. The van der Waals surface area contributed by atoms with Gasteiger partial charge in [0.2, 0.25) is 0 Å². The van der Waals surface area contributed by atoms with Gasteiger partial charge in [-0.25, -0.2) is 0 Å². The maximum Gasteiger partial charge on any atom is 0.184 e. The van der Waals surface area contributed by atoms with Gasteiger partial charge in [0, 0.05) is 0 Å². The number of rotatable bonds is 3. The van der Waals surface area contributed by atoms with Gasteiger partial charge in [-0.05, 0) is 44.5 Å². The minimum atomic E-state index is -1.54. The highest BCUT2D eigenvalue weighted by Crippen LogP contribution is 2.56. The summed E-state index contributed by atoms with van der Waals surface area (Å²) in [6, 6.07) is 10.6. The Kier molecular flexibility index (Phi) is 2.88. The molecule has 3 heteroatoms. The van der Waals surface area contributed by atoms with E-state index in [9.17, 15) is 0 Å². The Morgan fingerprint density at radius 1 is 1.22 bits per heavy atom. The van der Waals surface area contributed by atoms with Gasteiger partial charge < -0.3 is 9.16 Å². The van der Waals surface area contributed by atoms with Crippen LogP contribution in [0.2, 0.25) is 19.6 Å². The Bertz CT molecular complexity index is 426. The molecule has 1 heterocycles. The van der Waals surface area contributed by atoms with Gasteiger partial charge in [0.25, 0.3) is 0 Å². The van der Waals surface area contributed by atoms with Gasteiger partial charge in [-0.15, -0.1) is 0 Å². The van der Waals surface area contributed by atoms with Crippen molar-refractivity contribution in [3.63, 3.8) is 0 Å². The van der Waals surface area contributed by atoms with E-state index in [-0.39, 0.29) is 11.7 Å². The fraction of sp³-hybridized carbons (Fsp3) is 0.600. The van der Waals surface area contributed by atoms with Gasteiger partial charge in [0.05, 0.1) is 6.10 Å². The van der Waals surface area contributed by atoms with Crippen molar-refractivity contribution in [1.82, 2.24) is 0 Å². The van der Waals surface area contributed by atoms with Crippen LogP contribution in [0.4, 0.5) is 0 Å². The van der Waals surface area contributed by atoms with Crippen LogP contribution in [0.3, 0.4) is 0 Å². The van der Waals surface area contributed by atoms with Crippen molar-refractivity contribution in [2.45, 2.75) is 56.7 Å². The molecule has 0 amide bonds. The van der Waals surface area contributed by atoms with E-state index in [1.807, 2.05) is 0 Å². The van der Waals surface area contributed by atoms with Crippen molar-refractivity contribution >= 4 is 8.32 Å². The number of fused-ring (bicyclic) bond motifs is 1. The Balaban J connectivity index is 1.89. The predicted octanol–water partition coefficient (Wildman–Crippen LogP) is 3.90. The first-order chi connectivity index (χ1) is 8.51. The summed E-state index contributed by atoms with van der Waals surface area (Å²) in [6.07, 6.45) is 4.03. The second kappa shape index (κ2) is 4.19. The normalized spacial score (nSPS) is 35.1. The second-order valence-corrected chi connectivity index (χ2v) is 10.9. The maximum atomic E-state index is 6.57. The highest BCUT2D eigenvalue weighted by molar-refractivity contribution is 6.69. The lowest BCUT2D eigenvalue weighted by atomic mass is 9.82. The molecule has 1 aromatic rings. The molecule has 0 spiro atoms. The molecule has 2 fully saturated rings. The quantitative estimate of drug-likeness (QED) is 0.769. The van der Waals surface area contributed by atoms with E-state index in [1.54, 1.807) is 0 Å². The third kappa shape index (κ3) is 1.94. The molecule has 2 nitrogen and oxygen atoms in total. The van der Waals surface area contributed by atoms with Crippen LogP contribution in [0, 0.1) is 0 Å². The topological polar surface area (TPSA) is 18.5 Å². The van der Waals surface area contributed by atoms with Crippen LogP contribution in [-0.2, 0) is 9.16 Å². The average molecular weight is 262 g/mol. The Hall–Kier alpha value is -0.643. The molecule has 1 aliphatic heterocycles. The number of ether oxygens (including phenoxy) is 1. The summed E-state index contributed by atoms with van der Waals surface area (Å²) >= 11 is 0. The zero-order chi connectivity index (χ0) is 12.8. The molecule has 2 aliphatic rings. The second-order valence-electron chi connectivity index (χ2n) is 6.48. The smallest absolute Gasteiger partial charge is 0.184 e.